The van der Waals surface area contributed by atoms with E-state index < -0.39 is 0 Å². The van der Waals surface area contributed by atoms with E-state index in [1.807, 2.05) is 6.26 Å². The first-order valence-electron chi connectivity index (χ1n) is 5.48. The van der Waals surface area contributed by atoms with Crippen LogP contribution in [0.25, 0.3) is 0 Å². The van der Waals surface area contributed by atoms with Crippen LogP contribution in [0.5, 0.6) is 0 Å². The maximum absolute atomic E-state index is 11.4. The summed E-state index contributed by atoms with van der Waals surface area (Å²) in [5.41, 5.74) is 1.10. The van der Waals surface area contributed by atoms with Crippen LogP contribution in [-0.2, 0) is 0 Å². The van der Waals surface area contributed by atoms with Gasteiger partial charge in [-0.1, -0.05) is 33.0 Å². The summed E-state index contributed by atoms with van der Waals surface area (Å²) in [6.45, 7) is 7.53. The van der Waals surface area contributed by atoms with Crippen molar-refractivity contribution in [3.63, 3.8) is 0 Å². The molecule has 4 heteroatoms. The molecule has 0 saturated heterocycles. The van der Waals surface area contributed by atoms with Gasteiger partial charge in [0.1, 0.15) is 4.51 Å². The van der Waals surface area contributed by atoms with E-state index >= 15 is 0 Å². The Bertz CT molecular complexity index is 425. The van der Waals surface area contributed by atoms with Crippen LogP contribution in [0.4, 0.5) is 5.69 Å². The van der Waals surface area contributed by atoms with Crippen molar-refractivity contribution in [3.05, 3.63) is 14.7 Å². The van der Waals surface area contributed by atoms with E-state index in [0.29, 0.717) is 9.93 Å². The van der Waals surface area contributed by atoms with Crippen LogP contribution in [0.15, 0.2) is 9.69 Å². The Morgan fingerprint density at radius 2 is 2.00 bits per heavy atom. The van der Waals surface area contributed by atoms with Crippen molar-refractivity contribution in [3.8, 4) is 0 Å². The van der Waals surface area contributed by atoms with Gasteiger partial charge in [-0.05, 0) is 24.5 Å². The van der Waals surface area contributed by atoms with Gasteiger partial charge in [-0.3, -0.25) is 4.79 Å². The van der Waals surface area contributed by atoms with Gasteiger partial charge in [0.05, 0.1) is 10.6 Å². The molecule has 90 valence electrons. The summed E-state index contributed by atoms with van der Waals surface area (Å²) in [7, 11) is 0. The summed E-state index contributed by atoms with van der Waals surface area (Å²) >= 11 is 6.52. The Morgan fingerprint density at radius 1 is 1.38 bits per heavy atom. The molecule has 0 aromatic heterocycles. The zero-order valence-electron chi connectivity index (χ0n) is 10.3. The van der Waals surface area contributed by atoms with Crippen LogP contribution in [0.1, 0.15) is 33.6 Å². The summed E-state index contributed by atoms with van der Waals surface area (Å²) < 4.78 is 0.492. The topological polar surface area (TPSA) is 29.1 Å². The number of nitrogens with one attached hydrogen (secondary N) is 1. The predicted molar refractivity (Wildman–Crippen MR) is 74.9 cm³/mol. The van der Waals surface area contributed by atoms with Gasteiger partial charge >= 0.3 is 0 Å². The molecular formula is C12H19NOS2. The molecule has 0 heterocycles. The number of rotatable bonds is 5. The van der Waals surface area contributed by atoms with Gasteiger partial charge in [0.25, 0.3) is 0 Å². The van der Waals surface area contributed by atoms with E-state index in [1.165, 1.54) is 0 Å². The first kappa shape index (κ1) is 13.7. The van der Waals surface area contributed by atoms with Gasteiger partial charge in [-0.15, -0.1) is 11.8 Å². The van der Waals surface area contributed by atoms with Gasteiger partial charge < -0.3 is 5.32 Å². The van der Waals surface area contributed by atoms with Crippen molar-refractivity contribution in [1.29, 1.82) is 0 Å². The third-order valence-electron chi connectivity index (χ3n) is 2.48. The van der Waals surface area contributed by atoms with Crippen molar-refractivity contribution < 1.29 is 0 Å². The Kier molecular flexibility index (Phi) is 4.56. The zero-order chi connectivity index (χ0) is 12.3. The van der Waals surface area contributed by atoms with Crippen molar-refractivity contribution in [1.82, 2.24) is 0 Å². The molecule has 1 aromatic carbocycles. The predicted octanol–water partition coefficient (Wildman–Crippen LogP) is 3.61. The summed E-state index contributed by atoms with van der Waals surface area (Å²) in [4.78, 5) is 12.4. The van der Waals surface area contributed by atoms with E-state index in [2.05, 4.69) is 26.1 Å². The van der Waals surface area contributed by atoms with E-state index in [-0.39, 0.29) is 5.43 Å². The molecule has 0 aliphatic heterocycles. The third-order valence-corrected chi connectivity index (χ3v) is 3.81. The highest BCUT2D eigenvalue weighted by atomic mass is 32.2. The molecule has 1 rings (SSSR count). The average Bonchev–Trinajstić information content (AvgIpc) is 2.20. The minimum absolute atomic E-state index is 0.00936. The zero-order valence-corrected chi connectivity index (χ0v) is 12.0. The first-order valence-corrected chi connectivity index (χ1v) is 7.11. The lowest BCUT2D eigenvalue weighted by Gasteiger charge is -2.18. The number of hydrogen-bond donors (Lipinski definition) is 1. The lowest BCUT2D eigenvalue weighted by molar-refractivity contribution is 0.370. The largest absolute Gasteiger partial charge is 0.381 e. The van der Waals surface area contributed by atoms with Crippen LogP contribution in [0.3, 0.4) is 0 Å². The van der Waals surface area contributed by atoms with Crippen molar-refractivity contribution in [2.24, 2.45) is 5.41 Å². The summed E-state index contributed by atoms with van der Waals surface area (Å²) in [6, 6.07) is 0. The molecule has 0 saturated carbocycles. The second-order valence-electron chi connectivity index (χ2n) is 5.16. The number of anilines is 1. The smallest absolute Gasteiger partial charge is 0.222 e. The molecule has 16 heavy (non-hydrogen) atoms. The Balaban J connectivity index is 2.42. The fourth-order valence-corrected chi connectivity index (χ4v) is 2.66. The maximum Gasteiger partial charge on any atom is 0.222 e. The molecule has 0 aliphatic rings. The van der Waals surface area contributed by atoms with Gasteiger partial charge in [0, 0.05) is 6.54 Å². The molecule has 0 radical (unpaired) electrons. The molecule has 0 aliphatic carbocycles. The van der Waals surface area contributed by atoms with Crippen molar-refractivity contribution >= 4 is 29.7 Å². The Hall–Kier alpha value is -0.350. The first-order chi connectivity index (χ1) is 7.37. The van der Waals surface area contributed by atoms with Crippen LogP contribution in [0, 0.1) is 9.93 Å². The standard InChI is InChI=1S/C12H19NOS2/c1-12(2,3)6-5-7-13-8-9(14)10(15)11(8)16-4/h13H,5-7H2,1-4H3. The van der Waals surface area contributed by atoms with Crippen LogP contribution < -0.4 is 10.7 Å². The molecule has 0 unspecified atom stereocenters. The normalized spacial score (nSPS) is 12.0. The van der Waals surface area contributed by atoms with E-state index in [1.54, 1.807) is 11.8 Å². The quantitative estimate of drug-likeness (QED) is 0.495. The van der Waals surface area contributed by atoms with Crippen LogP contribution in [0.2, 0.25) is 0 Å². The molecule has 0 fully saturated rings. The molecule has 0 bridgehead atoms. The van der Waals surface area contributed by atoms with E-state index in [9.17, 15) is 4.79 Å². The highest BCUT2D eigenvalue weighted by Crippen LogP contribution is 2.27. The lowest BCUT2D eigenvalue weighted by atomic mass is 9.91. The molecule has 0 atom stereocenters. The number of thioether (sulfide) groups is 1. The van der Waals surface area contributed by atoms with Gasteiger partial charge in [-0.25, -0.2) is 0 Å². The second kappa shape index (κ2) is 5.32. The maximum atomic E-state index is 11.4. The van der Waals surface area contributed by atoms with Crippen LogP contribution >= 0.6 is 24.0 Å². The average molecular weight is 257 g/mol. The fourth-order valence-electron chi connectivity index (χ4n) is 1.56. The monoisotopic (exact) mass is 257 g/mol. The van der Waals surface area contributed by atoms with Crippen molar-refractivity contribution in [2.45, 2.75) is 38.5 Å². The Morgan fingerprint density at radius 3 is 2.50 bits per heavy atom. The van der Waals surface area contributed by atoms with Gasteiger partial charge in [-0.2, -0.15) is 0 Å². The molecule has 1 N–H and O–H groups in total. The van der Waals surface area contributed by atoms with Gasteiger partial charge in [0.2, 0.25) is 5.43 Å². The molecule has 0 amide bonds. The second-order valence-corrected chi connectivity index (χ2v) is 6.38. The summed E-state index contributed by atoms with van der Waals surface area (Å²) in [5, 5.41) is 3.19. The van der Waals surface area contributed by atoms with E-state index in [4.69, 9.17) is 12.2 Å². The molecule has 1 aromatic rings. The highest BCUT2D eigenvalue weighted by Gasteiger charge is 2.16. The lowest BCUT2D eigenvalue weighted by Crippen LogP contribution is -2.20. The number of hydrogen-bond acceptors (Lipinski definition) is 4. The molecule has 0 spiro atoms. The summed E-state index contributed by atoms with van der Waals surface area (Å²) in [6.07, 6.45) is 4.18. The third kappa shape index (κ3) is 3.32. The van der Waals surface area contributed by atoms with Gasteiger partial charge in [0.15, 0.2) is 0 Å². The molecule has 2 nitrogen and oxygen atoms in total. The SMILES string of the molecule is CSc1c(NCCCC(C)(C)C)c(=O)c1=S. The van der Waals surface area contributed by atoms with Crippen molar-refractivity contribution in [2.75, 3.05) is 18.1 Å². The highest BCUT2D eigenvalue weighted by molar-refractivity contribution is 7.99. The fraction of sp³-hybridized carbons (Fsp3) is 0.667. The molecular weight excluding hydrogens is 238 g/mol. The van der Waals surface area contributed by atoms with Crippen LogP contribution in [-0.4, -0.2) is 12.8 Å². The minimum atomic E-state index is 0.00936. The van der Waals surface area contributed by atoms with E-state index in [0.717, 1.165) is 30.0 Å². The Labute approximate surface area is 107 Å². The summed E-state index contributed by atoms with van der Waals surface area (Å²) in [5.74, 6) is 0. The minimum Gasteiger partial charge on any atom is -0.381 e.